The molecule has 4 rings (SSSR count). The van der Waals surface area contributed by atoms with Gasteiger partial charge in [-0.25, -0.2) is 8.42 Å². The summed E-state index contributed by atoms with van der Waals surface area (Å²) in [6.45, 7) is 4.05. The molecule has 0 aromatic heterocycles. The van der Waals surface area contributed by atoms with Crippen LogP contribution in [0.3, 0.4) is 0 Å². The van der Waals surface area contributed by atoms with Gasteiger partial charge in [-0.1, -0.05) is 41.9 Å². The van der Waals surface area contributed by atoms with Crippen molar-refractivity contribution in [3.8, 4) is 5.75 Å². The van der Waals surface area contributed by atoms with Gasteiger partial charge in [-0.2, -0.15) is 4.31 Å². The summed E-state index contributed by atoms with van der Waals surface area (Å²) in [6, 6.07) is 16.8. The number of rotatable bonds is 4. The van der Waals surface area contributed by atoms with E-state index in [2.05, 4.69) is 4.90 Å². The normalized spacial score (nSPS) is 15.6. The second-order valence-corrected chi connectivity index (χ2v) is 9.45. The molecule has 3 aromatic carbocycles. The molecule has 1 fully saturated rings. The summed E-state index contributed by atoms with van der Waals surface area (Å²) in [5.41, 5.74) is 2.05. The van der Waals surface area contributed by atoms with E-state index in [0.29, 0.717) is 42.2 Å². The van der Waals surface area contributed by atoms with Crippen molar-refractivity contribution in [2.45, 2.75) is 11.8 Å². The van der Waals surface area contributed by atoms with E-state index in [1.807, 2.05) is 49.4 Å². The zero-order valence-corrected chi connectivity index (χ0v) is 18.0. The highest BCUT2D eigenvalue weighted by Crippen LogP contribution is 2.33. The lowest BCUT2D eigenvalue weighted by molar-refractivity contribution is 0.385. The highest BCUT2D eigenvalue weighted by atomic mass is 35.5. The lowest BCUT2D eigenvalue weighted by Gasteiger charge is -2.35. The number of hydrogen-bond acceptors (Lipinski definition) is 4. The van der Waals surface area contributed by atoms with Crippen molar-refractivity contribution in [3.63, 3.8) is 0 Å². The Hall–Kier alpha value is -2.28. The van der Waals surface area contributed by atoms with E-state index in [1.165, 1.54) is 0 Å². The van der Waals surface area contributed by atoms with E-state index >= 15 is 0 Å². The molecule has 0 aliphatic carbocycles. The summed E-state index contributed by atoms with van der Waals surface area (Å²) in [5, 5.41) is 2.20. The number of aryl methyl sites for hydroxylation is 1. The number of benzene rings is 3. The molecule has 0 radical (unpaired) electrons. The van der Waals surface area contributed by atoms with Crippen LogP contribution in [0.1, 0.15) is 5.56 Å². The number of fused-ring (bicyclic) bond motifs is 1. The minimum atomic E-state index is -3.61. The van der Waals surface area contributed by atoms with Crippen LogP contribution in [0, 0.1) is 6.92 Å². The number of hydrogen-bond donors (Lipinski definition) is 0. The van der Waals surface area contributed by atoms with Crippen molar-refractivity contribution in [2.75, 3.05) is 38.2 Å². The molecule has 0 N–H and O–H groups in total. The third-order valence-electron chi connectivity index (χ3n) is 5.44. The fourth-order valence-electron chi connectivity index (χ4n) is 3.75. The molecule has 3 aromatic rings. The SMILES string of the molecule is COc1ccc(S(=O)(=O)N2CCN(c3ccc(C)c(Cl)c3)CC2)c2ccccc12. The van der Waals surface area contributed by atoms with Crippen LogP contribution in [-0.2, 0) is 10.0 Å². The van der Waals surface area contributed by atoms with Crippen molar-refractivity contribution in [1.29, 1.82) is 0 Å². The Kier molecular flexibility index (Phi) is 5.42. The van der Waals surface area contributed by atoms with Gasteiger partial charge in [0.1, 0.15) is 5.75 Å². The Labute approximate surface area is 176 Å². The Morgan fingerprint density at radius 2 is 1.62 bits per heavy atom. The largest absolute Gasteiger partial charge is 0.496 e. The molecular weight excluding hydrogens is 408 g/mol. The first-order valence-corrected chi connectivity index (χ1v) is 11.3. The Morgan fingerprint density at radius 3 is 2.28 bits per heavy atom. The van der Waals surface area contributed by atoms with Crippen LogP contribution in [0.2, 0.25) is 5.02 Å². The van der Waals surface area contributed by atoms with Crippen LogP contribution in [0.4, 0.5) is 5.69 Å². The van der Waals surface area contributed by atoms with Crippen LogP contribution in [0.5, 0.6) is 5.75 Å². The van der Waals surface area contributed by atoms with E-state index in [0.717, 1.165) is 21.7 Å². The number of anilines is 1. The maximum atomic E-state index is 13.4. The minimum absolute atomic E-state index is 0.320. The summed E-state index contributed by atoms with van der Waals surface area (Å²) >= 11 is 6.25. The van der Waals surface area contributed by atoms with Crippen LogP contribution in [0.15, 0.2) is 59.5 Å². The number of halogens is 1. The lowest BCUT2D eigenvalue weighted by atomic mass is 10.1. The summed E-state index contributed by atoms with van der Waals surface area (Å²) in [6.07, 6.45) is 0. The summed E-state index contributed by atoms with van der Waals surface area (Å²) in [5.74, 6) is 0.667. The predicted molar refractivity (Wildman–Crippen MR) is 118 cm³/mol. The van der Waals surface area contributed by atoms with E-state index in [9.17, 15) is 8.42 Å². The van der Waals surface area contributed by atoms with Crippen molar-refractivity contribution >= 4 is 38.1 Å². The number of nitrogens with zero attached hydrogens (tertiary/aromatic N) is 2. The van der Waals surface area contributed by atoms with Crippen LogP contribution in [-0.4, -0.2) is 46.0 Å². The van der Waals surface area contributed by atoms with Gasteiger partial charge in [-0.3, -0.25) is 0 Å². The van der Waals surface area contributed by atoms with Gasteiger partial charge < -0.3 is 9.64 Å². The Balaban J connectivity index is 1.60. The van der Waals surface area contributed by atoms with Crippen molar-refractivity contribution in [2.24, 2.45) is 0 Å². The highest BCUT2D eigenvalue weighted by Gasteiger charge is 2.30. The third-order valence-corrected chi connectivity index (χ3v) is 7.80. The zero-order chi connectivity index (χ0) is 20.6. The van der Waals surface area contributed by atoms with E-state index < -0.39 is 10.0 Å². The topological polar surface area (TPSA) is 49.9 Å². The molecule has 29 heavy (non-hydrogen) atoms. The van der Waals surface area contributed by atoms with Gasteiger partial charge in [-0.05, 0) is 36.8 Å². The first-order valence-electron chi connectivity index (χ1n) is 9.49. The molecule has 0 spiro atoms. The fourth-order valence-corrected chi connectivity index (χ4v) is 5.54. The maximum Gasteiger partial charge on any atom is 0.243 e. The summed E-state index contributed by atoms with van der Waals surface area (Å²) < 4.78 is 33.7. The molecule has 7 heteroatoms. The van der Waals surface area contributed by atoms with Gasteiger partial charge in [0, 0.05) is 47.7 Å². The first-order chi connectivity index (χ1) is 13.9. The molecule has 1 aliphatic heterocycles. The molecule has 0 amide bonds. The van der Waals surface area contributed by atoms with Crippen LogP contribution >= 0.6 is 11.6 Å². The quantitative estimate of drug-likeness (QED) is 0.618. The smallest absolute Gasteiger partial charge is 0.243 e. The molecule has 0 atom stereocenters. The standard InChI is InChI=1S/C22H23ClN2O3S/c1-16-7-8-17(15-20(16)23)24-11-13-25(14-12-24)29(26,27)22-10-9-21(28-2)18-5-3-4-6-19(18)22/h3-10,15H,11-14H2,1-2H3. The highest BCUT2D eigenvalue weighted by molar-refractivity contribution is 7.89. The molecule has 1 saturated heterocycles. The lowest BCUT2D eigenvalue weighted by Crippen LogP contribution is -2.48. The molecule has 0 saturated carbocycles. The second kappa shape index (κ2) is 7.86. The molecule has 5 nitrogen and oxygen atoms in total. The molecule has 1 heterocycles. The van der Waals surface area contributed by atoms with Crippen molar-refractivity contribution in [1.82, 2.24) is 4.31 Å². The number of methoxy groups -OCH3 is 1. The zero-order valence-electron chi connectivity index (χ0n) is 16.4. The number of ether oxygens (including phenoxy) is 1. The summed E-state index contributed by atoms with van der Waals surface area (Å²) in [4.78, 5) is 2.49. The van der Waals surface area contributed by atoms with Gasteiger partial charge in [0.15, 0.2) is 0 Å². The predicted octanol–water partition coefficient (Wildman–Crippen LogP) is 4.32. The average molecular weight is 431 g/mol. The van der Waals surface area contributed by atoms with Crippen molar-refractivity contribution < 1.29 is 13.2 Å². The number of sulfonamides is 1. The van der Waals surface area contributed by atoms with Gasteiger partial charge >= 0.3 is 0 Å². The average Bonchev–Trinajstić information content (AvgIpc) is 2.75. The Morgan fingerprint density at radius 1 is 0.931 bits per heavy atom. The van der Waals surface area contributed by atoms with Gasteiger partial charge in [0.25, 0.3) is 0 Å². The van der Waals surface area contributed by atoms with Crippen molar-refractivity contribution in [3.05, 3.63) is 65.2 Å². The second-order valence-electron chi connectivity index (χ2n) is 7.14. The van der Waals surface area contributed by atoms with Crippen LogP contribution < -0.4 is 9.64 Å². The number of piperazine rings is 1. The Bertz CT molecular complexity index is 1160. The summed E-state index contributed by atoms with van der Waals surface area (Å²) in [7, 11) is -2.02. The first kappa shape index (κ1) is 20.0. The van der Waals surface area contributed by atoms with Gasteiger partial charge in [-0.15, -0.1) is 0 Å². The van der Waals surface area contributed by atoms with E-state index in [4.69, 9.17) is 16.3 Å². The van der Waals surface area contributed by atoms with Gasteiger partial charge in [0.05, 0.1) is 12.0 Å². The minimum Gasteiger partial charge on any atom is -0.496 e. The van der Waals surface area contributed by atoms with E-state index in [1.54, 1.807) is 23.5 Å². The molecule has 152 valence electrons. The maximum absolute atomic E-state index is 13.4. The molecule has 1 aliphatic rings. The molecule has 0 bridgehead atoms. The van der Waals surface area contributed by atoms with E-state index in [-0.39, 0.29) is 0 Å². The molecular formula is C22H23ClN2O3S. The third kappa shape index (κ3) is 3.68. The van der Waals surface area contributed by atoms with Gasteiger partial charge in [0.2, 0.25) is 10.0 Å². The fraction of sp³-hybridized carbons (Fsp3) is 0.273. The molecule has 0 unspecified atom stereocenters. The monoisotopic (exact) mass is 430 g/mol. The van der Waals surface area contributed by atoms with Crippen LogP contribution in [0.25, 0.3) is 10.8 Å².